The van der Waals surface area contributed by atoms with Crippen LogP contribution in [0.5, 0.6) is 11.6 Å². The number of aromatic nitrogens is 4. The molecule has 1 aliphatic heterocycles. The Bertz CT molecular complexity index is 1750. The van der Waals surface area contributed by atoms with Gasteiger partial charge in [-0.05, 0) is 82.4 Å². The average molecular weight is 541 g/mol. The van der Waals surface area contributed by atoms with Crippen LogP contribution in [-0.4, -0.2) is 68.0 Å². The number of hydrogen-bond donors (Lipinski definition) is 3. The van der Waals surface area contributed by atoms with Gasteiger partial charge < -0.3 is 29.6 Å². The molecular weight excluding hydrogens is 504 g/mol. The van der Waals surface area contributed by atoms with E-state index < -0.39 is 0 Å². The number of fused-ring (bicyclic) bond motifs is 10. The van der Waals surface area contributed by atoms with Crippen molar-refractivity contribution in [1.82, 2.24) is 29.5 Å². The molecule has 7 rings (SSSR count). The van der Waals surface area contributed by atoms with Crippen molar-refractivity contribution in [3.63, 3.8) is 0 Å². The average Bonchev–Trinajstić information content (AvgIpc) is 3.74. The third-order valence-electron chi connectivity index (χ3n) is 8.65. The van der Waals surface area contributed by atoms with Crippen LogP contribution in [0.3, 0.4) is 0 Å². The third-order valence-corrected chi connectivity index (χ3v) is 8.65. The molecule has 0 saturated carbocycles. The van der Waals surface area contributed by atoms with Gasteiger partial charge in [0, 0.05) is 65.3 Å². The lowest BCUT2D eigenvalue weighted by molar-refractivity contribution is -0.123. The fourth-order valence-corrected chi connectivity index (χ4v) is 6.92. The standard InChI is InChI=1S/C31H36N6O3/c1-3-37-25-10-7-19(40-18-26(38)32-11-6-14-36-12-4-5-13-36)15-21(25)28-22-16-33-31(39)29(22)27-20(30(28)37)8-9-24-23(27)17-35(2)34-24/h7,10,15-17,33,39H,3-6,8-9,11-14,18H2,1-2H3,(H,32,38). The molecule has 9 nitrogen and oxygen atoms in total. The predicted molar refractivity (Wildman–Crippen MR) is 157 cm³/mol. The summed E-state index contributed by atoms with van der Waals surface area (Å²) in [5.41, 5.74) is 6.79. The minimum absolute atomic E-state index is 0.0127. The second-order valence-electron chi connectivity index (χ2n) is 11.1. The maximum absolute atomic E-state index is 12.5. The largest absolute Gasteiger partial charge is 0.494 e. The van der Waals surface area contributed by atoms with Crippen molar-refractivity contribution in [2.45, 2.75) is 45.6 Å². The molecule has 4 heterocycles. The number of nitrogens with one attached hydrogen (secondary N) is 2. The van der Waals surface area contributed by atoms with E-state index in [4.69, 9.17) is 9.84 Å². The molecule has 1 amide bonds. The van der Waals surface area contributed by atoms with E-state index in [0.29, 0.717) is 12.3 Å². The number of aromatic amines is 1. The molecule has 5 aromatic rings. The lowest BCUT2D eigenvalue weighted by Gasteiger charge is -2.20. The zero-order valence-electron chi connectivity index (χ0n) is 23.2. The molecule has 1 aliphatic carbocycles. The Balaban J connectivity index is 1.23. The van der Waals surface area contributed by atoms with Gasteiger partial charge in [0.1, 0.15) is 5.75 Å². The van der Waals surface area contributed by atoms with Crippen molar-refractivity contribution in [2.75, 3.05) is 32.8 Å². The van der Waals surface area contributed by atoms with Gasteiger partial charge >= 0.3 is 0 Å². The number of aromatic hydroxyl groups is 1. The Morgan fingerprint density at radius 2 is 2.02 bits per heavy atom. The molecule has 208 valence electrons. The van der Waals surface area contributed by atoms with E-state index >= 15 is 0 Å². The lowest BCUT2D eigenvalue weighted by Crippen LogP contribution is -2.32. The molecule has 0 bridgehead atoms. The van der Waals surface area contributed by atoms with Crippen LogP contribution < -0.4 is 10.1 Å². The highest BCUT2D eigenvalue weighted by Crippen LogP contribution is 2.49. The van der Waals surface area contributed by atoms with Crippen molar-refractivity contribution < 1.29 is 14.6 Å². The van der Waals surface area contributed by atoms with Crippen LogP contribution in [0.4, 0.5) is 0 Å². The first-order valence-electron chi connectivity index (χ1n) is 14.5. The normalized spacial score (nSPS) is 15.2. The molecular formula is C31H36N6O3. The number of carbonyl (C=O) groups is 1. The Labute approximate surface area is 232 Å². The summed E-state index contributed by atoms with van der Waals surface area (Å²) in [4.78, 5) is 18.0. The van der Waals surface area contributed by atoms with Gasteiger partial charge in [0.25, 0.3) is 5.91 Å². The Morgan fingerprint density at radius 3 is 2.85 bits per heavy atom. The van der Waals surface area contributed by atoms with E-state index in [1.807, 2.05) is 30.1 Å². The van der Waals surface area contributed by atoms with E-state index in [0.717, 1.165) is 76.2 Å². The van der Waals surface area contributed by atoms with Crippen LogP contribution in [0.1, 0.15) is 37.4 Å². The van der Waals surface area contributed by atoms with E-state index in [-0.39, 0.29) is 18.4 Å². The summed E-state index contributed by atoms with van der Waals surface area (Å²) in [7, 11) is 1.95. The molecule has 0 atom stereocenters. The number of benzene rings is 2. The fraction of sp³-hybridized carbons (Fsp3) is 0.419. The SMILES string of the molecule is CCn1c2ccc(OCC(=O)NCCCN3CCCC3)cc2c2c3c[nH]c(O)c3c3c(c21)CCc1nn(C)cc1-3. The number of aryl methyl sites for hydroxylation is 4. The smallest absolute Gasteiger partial charge is 0.257 e. The minimum atomic E-state index is -0.100. The minimum Gasteiger partial charge on any atom is -0.494 e. The highest BCUT2D eigenvalue weighted by molar-refractivity contribution is 6.26. The number of hydrogen-bond acceptors (Lipinski definition) is 5. The van der Waals surface area contributed by atoms with Gasteiger partial charge in [-0.1, -0.05) is 0 Å². The first-order valence-corrected chi connectivity index (χ1v) is 14.5. The number of ether oxygens (including phenoxy) is 1. The summed E-state index contributed by atoms with van der Waals surface area (Å²) in [6, 6.07) is 6.08. The molecule has 2 aliphatic rings. The van der Waals surface area contributed by atoms with Crippen LogP contribution >= 0.6 is 0 Å². The molecule has 1 fully saturated rings. The maximum Gasteiger partial charge on any atom is 0.257 e. The monoisotopic (exact) mass is 540 g/mol. The van der Waals surface area contributed by atoms with Gasteiger partial charge in [-0.3, -0.25) is 9.48 Å². The summed E-state index contributed by atoms with van der Waals surface area (Å²) in [5, 5.41) is 22.7. The number of nitrogens with zero attached hydrogens (tertiary/aromatic N) is 4. The third kappa shape index (κ3) is 4.02. The number of likely N-dealkylation sites (tertiary alicyclic amines) is 1. The molecule has 3 aromatic heterocycles. The van der Waals surface area contributed by atoms with Gasteiger partial charge in [-0.25, -0.2) is 0 Å². The lowest BCUT2D eigenvalue weighted by atomic mass is 9.85. The van der Waals surface area contributed by atoms with Gasteiger partial charge in [0.2, 0.25) is 0 Å². The highest BCUT2D eigenvalue weighted by atomic mass is 16.5. The predicted octanol–water partition coefficient (Wildman–Crippen LogP) is 4.48. The molecule has 0 unspecified atom stereocenters. The first-order chi connectivity index (χ1) is 19.5. The molecule has 0 radical (unpaired) electrons. The molecule has 3 N–H and O–H groups in total. The fourth-order valence-electron chi connectivity index (χ4n) is 6.92. The number of carbonyl (C=O) groups excluding carboxylic acids is 1. The van der Waals surface area contributed by atoms with Gasteiger partial charge in [0.15, 0.2) is 12.5 Å². The van der Waals surface area contributed by atoms with Crippen molar-refractivity contribution in [2.24, 2.45) is 7.05 Å². The highest BCUT2D eigenvalue weighted by Gasteiger charge is 2.29. The van der Waals surface area contributed by atoms with Crippen LogP contribution in [0, 0.1) is 0 Å². The first kappa shape index (κ1) is 25.0. The van der Waals surface area contributed by atoms with Crippen molar-refractivity contribution in [3.05, 3.63) is 41.9 Å². The topological polar surface area (TPSA) is 100 Å². The van der Waals surface area contributed by atoms with Crippen LogP contribution in [0.25, 0.3) is 43.7 Å². The van der Waals surface area contributed by atoms with Crippen LogP contribution in [-0.2, 0) is 31.2 Å². The summed E-state index contributed by atoms with van der Waals surface area (Å²) in [6.45, 7) is 7.02. The second kappa shape index (κ2) is 9.89. The van der Waals surface area contributed by atoms with Crippen molar-refractivity contribution >= 4 is 38.5 Å². The Morgan fingerprint density at radius 1 is 1.18 bits per heavy atom. The van der Waals surface area contributed by atoms with E-state index in [1.165, 1.54) is 37.0 Å². The van der Waals surface area contributed by atoms with Crippen molar-refractivity contribution in [1.29, 1.82) is 0 Å². The number of rotatable bonds is 8. The van der Waals surface area contributed by atoms with Gasteiger partial charge in [-0.15, -0.1) is 0 Å². The quantitative estimate of drug-likeness (QED) is 0.252. The Hall–Kier alpha value is -3.98. The Kier molecular flexibility index (Phi) is 6.19. The van der Waals surface area contributed by atoms with E-state index in [1.54, 1.807) is 0 Å². The number of H-pyrrole nitrogens is 1. The van der Waals surface area contributed by atoms with E-state index in [2.05, 4.69) is 39.0 Å². The summed E-state index contributed by atoms with van der Waals surface area (Å²) < 4.78 is 10.2. The maximum atomic E-state index is 12.5. The summed E-state index contributed by atoms with van der Waals surface area (Å²) in [5.74, 6) is 0.739. The van der Waals surface area contributed by atoms with E-state index in [9.17, 15) is 9.90 Å². The summed E-state index contributed by atoms with van der Waals surface area (Å²) >= 11 is 0. The van der Waals surface area contributed by atoms with Gasteiger partial charge in [0.05, 0.1) is 16.6 Å². The van der Waals surface area contributed by atoms with Crippen LogP contribution in [0.15, 0.2) is 30.6 Å². The molecule has 9 heteroatoms. The molecule has 2 aromatic carbocycles. The zero-order chi connectivity index (χ0) is 27.4. The second-order valence-corrected chi connectivity index (χ2v) is 11.1. The zero-order valence-corrected chi connectivity index (χ0v) is 23.2. The number of amides is 1. The van der Waals surface area contributed by atoms with Gasteiger partial charge in [-0.2, -0.15) is 5.10 Å². The molecule has 40 heavy (non-hydrogen) atoms. The molecule has 1 saturated heterocycles. The van der Waals surface area contributed by atoms with Crippen molar-refractivity contribution in [3.8, 4) is 22.8 Å². The van der Waals surface area contributed by atoms with Crippen LogP contribution in [0.2, 0.25) is 0 Å². The summed E-state index contributed by atoms with van der Waals surface area (Å²) in [6.07, 6.45) is 9.21. The molecule has 0 spiro atoms.